The smallest absolute Gasteiger partial charge is 0.261 e. The molecule has 0 atom stereocenters. The number of nitrogens with zero attached hydrogens (tertiary/aromatic N) is 3. The van der Waals surface area contributed by atoms with Gasteiger partial charge in [0.15, 0.2) is 15.0 Å². The number of benzene rings is 2. The zero-order valence-electron chi connectivity index (χ0n) is 19.8. The summed E-state index contributed by atoms with van der Waals surface area (Å²) in [6.07, 6.45) is 0. The first kappa shape index (κ1) is 25.1. The third-order valence-electron chi connectivity index (χ3n) is 5.75. The second-order valence-corrected chi connectivity index (χ2v) is 10.9. The zero-order valence-corrected chi connectivity index (χ0v) is 21.4. The Hall–Kier alpha value is -2.49. The van der Waals surface area contributed by atoms with Gasteiger partial charge in [0.2, 0.25) is 0 Å². The highest BCUT2D eigenvalue weighted by molar-refractivity contribution is 7.91. The number of carbonyl (C=O) groups is 1. The molecule has 0 unspecified atom stereocenters. The van der Waals surface area contributed by atoms with Crippen LogP contribution in [0.25, 0.3) is 10.2 Å². The average molecular weight is 490 g/mol. The minimum Gasteiger partial charge on any atom is -0.494 e. The predicted molar refractivity (Wildman–Crippen MR) is 135 cm³/mol. The summed E-state index contributed by atoms with van der Waals surface area (Å²) >= 11 is 1.42. The lowest BCUT2D eigenvalue weighted by Gasteiger charge is -2.25. The van der Waals surface area contributed by atoms with Gasteiger partial charge in [-0.3, -0.25) is 9.69 Å². The minimum atomic E-state index is -3.57. The molecule has 0 fully saturated rings. The standard InChI is InChI=1S/C24H31N3O4S2/c1-6-26(7-2)15-16-27(23(28)18-11-9-10-12-20(18)33(29,30)8-3)24-25-21-19(31-5)14-13-17(4)22(21)32-24/h9-14H,6-8,15-16H2,1-5H3. The van der Waals surface area contributed by atoms with E-state index < -0.39 is 9.84 Å². The van der Waals surface area contributed by atoms with Crippen LogP contribution in [0, 0.1) is 6.92 Å². The van der Waals surface area contributed by atoms with E-state index in [-0.39, 0.29) is 22.1 Å². The number of aromatic nitrogens is 1. The second kappa shape index (κ2) is 10.6. The third-order valence-corrected chi connectivity index (χ3v) is 8.75. The molecule has 0 aliphatic heterocycles. The SMILES string of the molecule is CCN(CC)CCN(C(=O)c1ccccc1S(=O)(=O)CC)c1nc2c(OC)ccc(C)c2s1. The number of fused-ring (bicyclic) bond motifs is 1. The van der Waals surface area contributed by atoms with E-state index in [1.807, 2.05) is 19.1 Å². The molecular weight excluding hydrogens is 458 g/mol. The van der Waals surface area contributed by atoms with Gasteiger partial charge in [0.1, 0.15) is 11.3 Å². The van der Waals surface area contributed by atoms with Crippen molar-refractivity contribution < 1.29 is 17.9 Å². The van der Waals surface area contributed by atoms with Crippen molar-refractivity contribution in [3.63, 3.8) is 0 Å². The molecule has 33 heavy (non-hydrogen) atoms. The Morgan fingerprint density at radius 3 is 2.39 bits per heavy atom. The number of carbonyl (C=O) groups excluding carboxylic acids is 1. The van der Waals surface area contributed by atoms with E-state index >= 15 is 0 Å². The van der Waals surface area contributed by atoms with E-state index in [2.05, 4.69) is 18.7 Å². The summed E-state index contributed by atoms with van der Waals surface area (Å²) in [5, 5.41) is 0.526. The molecule has 1 aromatic heterocycles. The molecule has 0 radical (unpaired) electrons. The van der Waals surface area contributed by atoms with Crippen LogP contribution in [0.2, 0.25) is 0 Å². The summed E-state index contributed by atoms with van der Waals surface area (Å²) in [6.45, 7) is 10.5. The third kappa shape index (κ3) is 5.20. The molecule has 3 aromatic rings. The van der Waals surface area contributed by atoms with Crippen LogP contribution in [0.5, 0.6) is 5.75 Å². The highest BCUT2D eigenvalue weighted by Crippen LogP contribution is 2.37. The fourth-order valence-corrected chi connectivity index (χ4v) is 5.82. The predicted octanol–water partition coefficient (Wildman–Crippen LogP) is 4.40. The van der Waals surface area contributed by atoms with Crippen LogP contribution in [-0.4, -0.2) is 63.3 Å². The van der Waals surface area contributed by atoms with Gasteiger partial charge >= 0.3 is 0 Å². The minimum absolute atomic E-state index is 0.0558. The summed E-state index contributed by atoms with van der Waals surface area (Å²) in [5.74, 6) is 0.197. The number of methoxy groups -OCH3 is 1. The molecule has 1 heterocycles. The lowest BCUT2D eigenvalue weighted by molar-refractivity contribution is 0.0980. The normalized spacial score (nSPS) is 11.8. The average Bonchev–Trinajstić information content (AvgIpc) is 3.28. The van der Waals surface area contributed by atoms with Crippen molar-refractivity contribution in [3.8, 4) is 5.75 Å². The van der Waals surface area contributed by atoms with Crippen molar-refractivity contribution in [2.24, 2.45) is 0 Å². The Morgan fingerprint density at radius 1 is 1.06 bits per heavy atom. The Bertz CT molecular complexity index is 1230. The molecule has 0 aliphatic carbocycles. The first-order chi connectivity index (χ1) is 15.8. The van der Waals surface area contributed by atoms with Gasteiger partial charge in [-0.15, -0.1) is 0 Å². The maximum absolute atomic E-state index is 13.8. The van der Waals surface area contributed by atoms with Crippen molar-refractivity contribution in [2.75, 3.05) is 43.9 Å². The Morgan fingerprint density at radius 2 is 1.76 bits per heavy atom. The van der Waals surface area contributed by atoms with Crippen LogP contribution in [0.15, 0.2) is 41.3 Å². The van der Waals surface area contributed by atoms with E-state index in [4.69, 9.17) is 9.72 Å². The van der Waals surface area contributed by atoms with Gasteiger partial charge in [-0.25, -0.2) is 13.4 Å². The molecular formula is C24H31N3O4S2. The molecule has 0 saturated carbocycles. The molecule has 1 amide bonds. The van der Waals surface area contributed by atoms with E-state index in [1.54, 1.807) is 37.1 Å². The van der Waals surface area contributed by atoms with Gasteiger partial charge in [0, 0.05) is 13.1 Å². The summed E-state index contributed by atoms with van der Waals surface area (Å²) in [7, 11) is -1.97. The fourth-order valence-electron chi connectivity index (χ4n) is 3.66. The summed E-state index contributed by atoms with van der Waals surface area (Å²) < 4.78 is 31.8. The van der Waals surface area contributed by atoms with E-state index in [0.717, 1.165) is 23.4 Å². The number of amides is 1. The number of ether oxygens (including phenoxy) is 1. The molecule has 0 spiro atoms. The van der Waals surface area contributed by atoms with Crippen molar-refractivity contribution in [1.29, 1.82) is 0 Å². The number of thiazole rings is 1. The highest BCUT2D eigenvalue weighted by atomic mass is 32.2. The lowest BCUT2D eigenvalue weighted by atomic mass is 10.2. The van der Waals surface area contributed by atoms with Gasteiger partial charge in [0.25, 0.3) is 5.91 Å². The molecule has 0 bridgehead atoms. The summed E-state index contributed by atoms with van der Waals surface area (Å²) in [4.78, 5) is 22.5. The molecule has 178 valence electrons. The number of sulfone groups is 1. The maximum Gasteiger partial charge on any atom is 0.261 e. The number of rotatable bonds is 10. The highest BCUT2D eigenvalue weighted by Gasteiger charge is 2.28. The maximum atomic E-state index is 13.8. The van der Waals surface area contributed by atoms with Crippen LogP contribution in [0.4, 0.5) is 5.13 Å². The largest absolute Gasteiger partial charge is 0.494 e. The van der Waals surface area contributed by atoms with Crippen molar-refractivity contribution in [1.82, 2.24) is 9.88 Å². The van der Waals surface area contributed by atoms with Crippen molar-refractivity contribution >= 4 is 42.4 Å². The van der Waals surface area contributed by atoms with Crippen LogP contribution < -0.4 is 9.64 Å². The van der Waals surface area contributed by atoms with E-state index in [0.29, 0.717) is 29.5 Å². The van der Waals surface area contributed by atoms with Gasteiger partial charge in [-0.05, 0) is 43.8 Å². The fraction of sp³-hybridized carbons (Fsp3) is 0.417. The van der Waals surface area contributed by atoms with Crippen molar-refractivity contribution in [2.45, 2.75) is 32.6 Å². The van der Waals surface area contributed by atoms with Gasteiger partial charge in [-0.1, -0.05) is 50.3 Å². The summed E-state index contributed by atoms with van der Waals surface area (Å²) in [6, 6.07) is 10.2. The summed E-state index contributed by atoms with van der Waals surface area (Å²) in [5.41, 5.74) is 1.91. The number of aryl methyl sites for hydroxylation is 1. The number of anilines is 1. The Labute approximate surface area is 199 Å². The molecule has 0 saturated heterocycles. The monoisotopic (exact) mass is 489 g/mol. The van der Waals surface area contributed by atoms with Crippen LogP contribution >= 0.6 is 11.3 Å². The van der Waals surface area contributed by atoms with Gasteiger partial charge in [0.05, 0.1) is 28.0 Å². The molecule has 9 heteroatoms. The quantitative estimate of drug-likeness (QED) is 0.420. The van der Waals surface area contributed by atoms with Crippen LogP contribution in [-0.2, 0) is 9.84 Å². The van der Waals surface area contributed by atoms with Gasteiger partial charge < -0.3 is 9.64 Å². The molecule has 3 rings (SSSR count). The molecule has 0 N–H and O–H groups in total. The molecule has 2 aromatic carbocycles. The van der Waals surface area contributed by atoms with Crippen molar-refractivity contribution in [3.05, 3.63) is 47.5 Å². The first-order valence-corrected chi connectivity index (χ1v) is 13.5. The molecule has 7 nitrogen and oxygen atoms in total. The molecule has 0 aliphatic rings. The zero-order chi connectivity index (χ0) is 24.2. The second-order valence-electron chi connectivity index (χ2n) is 7.64. The van der Waals surface area contributed by atoms with Crippen LogP contribution in [0.3, 0.4) is 0 Å². The lowest BCUT2D eigenvalue weighted by Crippen LogP contribution is -2.39. The van der Waals surface area contributed by atoms with Gasteiger partial charge in [-0.2, -0.15) is 0 Å². The number of hydrogen-bond donors (Lipinski definition) is 0. The Kier molecular flexibility index (Phi) is 8.10. The number of likely N-dealkylation sites (N-methyl/N-ethyl adjacent to an activating group) is 1. The van der Waals surface area contributed by atoms with Crippen LogP contribution in [0.1, 0.15) is 36.7 Å². The number of hydrogen-bond acceptors (Lipinski definition) is 7. The van der Waals surface area contributed by atoms with E-state index in [1.165, 1.54) is 17.4 Å². The van der Waals surface area contributed by atoms with E-state index in [9.17, 15) is 13.2 Å². The Balaban J connectivity index is 2.13. The topological polar surface area (TPSA) is 79.8 Å². The first-order valence-electron chi connectivity index (χ1n) is 11.1.